The molecule has 0 saturated carbocycles. The van der Waals surface area contributed by atoms with E-state index in [1.54, 1.807) is 12.3 Å². The molecule has 0 amide bonds. The SMILES string of the molecule is CSc1ncc2cc(Br)c(=O)oc2n1. The molecule has 0 atom stereocenters. The van der Waals surface area contributed by atoms with Crippen LogP contribution in [0.25, 0.3) is 11.1 Å². The summed E-state index contributed by atoms with van der Waals surface area (Å²) in [6, 6.07) is 1.64. The first-order chi connectivity index (χ1) is 6.70. The van der Waals surface area contributed by atoms with E-state index in [-0.39, 0.29) is 0 Å². The highest BCUT2D eigenvalue weighted by atomic mass is 79.9. The lowest BCUT2D eigenvalue weighted by molar-refractivity contribution is 0.540. The van der Waals surface area contributed by atoms with Gasteiger partial charge in [0.05, 0.1) is 5.39 Å². The quantitative estimate of drug-likeness (QED) is 0.588. The molecule has 0 N–H and O–H groups in total. The Morgan fingerprint density at radius 1 is 1.57 bits per heavy atom. The number of rotatable bonds is 1. The van der Waals surface area contributed by atoms with Gasteiger partial charge in [0.15, 0.2) is 5.16 Å². The van der Waals surface area contributed by atoms with E-state index in [2.05, 4.69) is 25.9 Å². The number of thioether (sulfide) groups is 1. The van der Waals surface area contributed by atoms with E-state index in [0.29, 0.717) is 20.7 Å². The van der Waals surface area contributed by atoms with Crippen molar-refractivity contribution in [3.05, 3.63) is 27.2 Å². The summed E-state index contributed by atoms with van der Waals surface area (Å²) in [6.45, 7) is 0. The van der Waals surface area contributed by atoms with E-state index in [9.17, 15) is 4.79 Å². The molecular formula is C8H5BrN2O2S. The van der Waals surface area contributed by atoms with E-state index in [0.717, 1.165) is 0 Å². The van der Waals surface area contributed by atoms with E-state index in [1.807, 2.05) is 6.26 Å². The third-order valence-electron chi connectivity index (χ3n) is 1.61. The lowest BCUT2D eigenvalue weighted by Gasteiger charge is -1.97. The zero-order valence-corrected chi connectivity index (χ0v) is 9.55. The molecule has 0 aliphatic heterocycles. The van der Waals surface area contributed by atoms with Crippen molar-refractivity contribution in [2.75, 3.05) is 6.26 Å². The minimum atomic E-state index is -0.428. The molecule has 6 heteroatoms. The van der Waals surface area contributed by atoms with Gasteiger partial charge >= 0.3 is 5.63 Å². The lowest BCUT2D eigenvalue weighted by Crippen LogP contribution is -2.00. The van der Waals surface area contributed by atoms with Gasteiger partial charge in [0, 0.05) is 6.20 Å². The third kappa shape index (κ3) is 1.67. The van der Waals surface area contributed by atoms with Gasteiger partial charge in [-0.3, -0.25) is 0 Å². The van der Waals surface area contributed by atoms with E-state index < -0.39 is 5.63 Å². The number of nitrogens with zero attached hydrogens (tertiary/aromatic N) is 2. The zero-order valence-electron chi connectivity index (χ0n) is 7.15. The summed E-state index contributed by atoms with van der Waals surface area (Å²) >= 11 is 4.48. The number of fused-ring (bicyclic) bond motifs is 1. The Labute approximate surface area is 91.9 Å². The van der Waals surface area contributed by atoms with Crippen LogP contribution in [0.5, 0.6) is 0 Å². The van der Waals surface area contributed by atoms with Gasteiger partial charge in [-0.05, 0) is 28.3 Å². The van der Waals surface area contributed by atoms with Gasteiger partial charge in [-0.2, -0.15) is 4.98 Å². The van der Waals surface area contributed by atoms with Crippen molar-refractivity contribution in [1.29, 1.82) is 0 Å². The maximum atomic E-state index is 11.2. The molecule has 0 unspecified atom stereocenters. The average molecular weight is 273 g/mol. The van der Waals surface area contributed by atoms with Crippen molar-refractivity contribution in [2.24, 2.45) is 0 Å². The second kappa shape index (κ2) is 3.70. The summed E-state index contributed by atoms with van der Waals surface area (Å²) in [4.78, 5) is 19.3. The van der Waals surface area contributed by atoms with Gasteiger partial charge in [0.1, 0.15) is 4.47 Å². The summed E-state index contributed by atoms with van der Waals surface area (Å²) in [5.41, 5.74) is -0.110. The number of hydrogen-bond donors (Lipinski definition) is 0. The smallest absolute Gasteiger partial charge is 0.352 e. The van der Waals surface area contributed by atoms with Crippen molar-refractivity contribution in [3.8, 4) is 0 Å². The van der Waals surface area contributed by atoms with Crippen molar-refractivity contribution in [1.82, 2.24) is 9.97 Å². The first kappa shape index (κ1) is 9.67. The Kier molecular flexibility index (Phi) is 2.56. The van der Waals surface area contributed by atoms with Crippen LogP contribution in [0, 0.1) is 0 Å². The molecule has 0 bridgehead atoms. The molecular weight excluding hydrogens is 268 g/mol. The average Bonchev–Trinajstić information content (AvgIpc) is 2.19. The number of aromatic nitrogens is 2. The van der Waals surface area contributed by atoms with Gasteiger partial charge in [-0.25, -0.2) is 9.78 Å². The molecule has 0 aromatic carbocycles. The molecule has 2 aromatic rings. The Balaban J connectivity index is 2.77. The highest BCUT2D eigenvalue weighted by molar-refractivity contribution is 9.10. The molecule has 2 rings (SSSR count). The molecule has 72 valence electrons. The van der Waals surface area contributed by atoms with Crippen LogP contribution in [0.1, 0.15) is 0 Å². The van der Waals surface area contributed by atoms with Gasteiger partial charge in [0.25, 0.3) is 0 Å². The second-order valence-corrected chi connectivity index (χ2v) is 4.13. The Morgan fingerprint density at radius 3 is 3.07 bits per heavy atom. The van der Waals surface area contributed by atoms with Crippen molar-refractivity contribution in [2.45, 2.75) is 5.16 Å². The van der Waals surface area contributed by atoms with Crippen molar-refractivity contribution < 1.29 is 4.42 Å². The Hall–Kier alpha value is -0.880. The largest absolute Gasteiger partial charge is 0.403 e. The topological polar surface area (TPSA) is 56.0 Å². The van der Waals surface area contributed by atoms with Crippen molar-refractivity contribution >= 4 is 38.8 Å². The first-order valence-electron chi connectivity index (χ1n) is 3.71. The molecule has 0 aliphatic carbocycles. The van der Waals surface area contributed by atoms with E-state index >= 15 is 0 Å². The normalized spacial score (nSPS) is 10.7. The van der Waals surface area contributed by atoms with Crippen LogP contribution >= 0.6 is 27.7 Å². The van der Waals surface area contributed by atoms with Crippen LogP contribution in [0.2, 0.25) is 0 Å². The highest BCUT2D eigenvalue weighted by Gasteiger charge is 2.04. The highest BCUT2D eigenvalue weighted by Crippen LogP contribution is 2.16. The van der Waals surface area contributed by atoms with Crippen molar-refractivity contribution in [3.63, 3.8) is 0 Å². The fourth-order valence-corrected chi connectivity index (χ4v) is 1.63. The first-order valence-corrected chi connectivity index (χ1v) is 5.73. The molecule has 0 saturated heterocycles. The van der Waals surface area contributed by atoms with Crippen LogP contribution < -0.4 is 5.63 Å². The summed E-state index contributed by atoms with van der Waals surface area (Å²) in [7, 11) is 0. The monoisotopic (exact) mass is 272 g/mol. The van der Waals surface area contributed by atoms with Gasteiger partial charge in [-0.15, -0.1) is 0 Å². The minimum absolute atomic E-state index is 0.317. The predicted molar refractivity (Wildman–Crippen MR) is 57.6 cm³/mol. The van der Waals surface area contributed by atoms with Crippen LogP contribution in [0.4, 0.5) is 0 Å². The molecule has 4 nitrogen and oxygen atoms in total. The molecule has 0 radical (unpaired) electrons. The fraction of sp³-hybridized carbons (Fsp3) is 0.125. The molecule has 2 heterocycles. The predicted octanol–water partition coefficient (Wildman–Crippen LogP) is 2.07. The Bertz CT molecular complexity index is 540. The second-order valence-electron chi connectivity index (χ2n) is 2.50. The van der Waals surface area contributed by atoms with E-state index in [4.69, 9.17) is 4.42 Å². The molecule has 2 aromatic heterocycles. The van der Waals surface area contributed by atoms with Crippen LogP contribution in [0.3, 0.4) is 0 Å². The zero-order chi connectivity index (χ0) is 10.1. The molecule has 0 aliphatic rings. The van der Waals surface area contributed by atoms with Crippen LogP contribution in [-0.2, 0) is 0 Å². The number of hydrogen-bond acceptors (Lipinski definition) is 5. The summed E-state index contributed by atoms with van der Waals surface area (Å²) < 4.78 is 5.35. The van der Waals surface area contributed by atoms with Crippen LogP contribution in [0.15, 0.2) is 31.1 Å². The molecule has 0 fully saturated rings. The number of halogens is 1. The third-order valence-corrected chi connectivity index (χ3v) is 2.72. The Morgan fingerprint density at radius 2 is 2.36 bits per heavy atom. The van der Waals surface area contributed by atoms with Gasteiger partial charge in [-0.1, -0.05) is 11.8 Å². The molecule has 14 heavy (non-hydrogen) atoms. The lowest BCUT2D eigenvalue weighted by atomic mass is 10.4. The fourth-order valence-electron chi connectivity index (χ4n) is 0.971. The standard InChI is InChI=1S/C8H5BrN2O2S/c1-14-8-10-3-4-2-5(9)7(12)13-6(4)11-8/h2-3H,1H3. The van der Waals surface area contributed by atoms with Gasteiger partial charge in [0.2, 0.25) is 5.71 Å². The maximum absolute atomic E-state index is 11.2. The summed E-state index contributed by atoms with van der Waals surface area (Å²) in [5.74, 6) is 0. The van der Waals surface area contributed by atoms with Crippen LogP contribution in [-0.4, -0.2) is 16.2 Å². The minimum Gasteiger partial charge on any atom is -0.403 e. The summed E-state index contributed by atoms with van der Waals surface area (Å²) in [6.07, 6.45) is 3.49. The maximum Gasteiger partial charge on any atom is 0.352 e. The summed E-state index contributed by atoms with van der Waals surface area (Å²) in [5, 5.41) is 1.29. The molecule has 0 spiro atoms. The van der Waals surface area contributed by atoms with Gasteiger partial charge < -0.3 is 4.42 Å². The van der Waals surface area contributed by atoms with E-state index in [1.165, 1.54) is 11.8 Å².